The molecule has 1 atom stereocenters. The summed E-state index contributed by atoms with van der Waals surface area (Å²) in [5.41, 5.74) is 0.158. The van der Waals surface area contributed by atoms with Crippen molar-refractivity contribution in [2.24, 2.45) is 5.92 Å². The minimum Gasteiger partial charge on any atom is -0.463 e. The first-order chi connectivity index (χ1) is 19.2. The van der Waals surface area contributed by atoms with E-state index in [1.54, 1.807) is 19.1 Å². The van der Waals surface area contributed by atoms with E-state index in [0.29, 0.717) is 12.5 Å². The number of carbonyl (C=O) groups is 4. The normalized spacial score (nSPS) is 11.6. The summed E-state index contributed by atoms with van der Waals surface area (Å²) in [6.07, 6.45) is 4.59. The highest BCUT2D eigenvalue weighted by molar-refractivity contribution is 5.96. The van der Waals surface area contributed by atoms with E-state index in [4.69, 9.17) is 9.47 Å². The van der Waals surface area contributed by atoms with Crippen molar-refractivity contribution in [2.45, 2.75) is 59.2 Å². The number of aromatic nitrogens is 1. The third-order valence-corrected chi connectivity index (χ3v) is 5.62. The molecule has 11 nitrogen and oxygen atoms in total. The fourth-order valence-corrected chi connectivity index (χ4v) is 3.50. The second kappa shape index (κ2) is 17.2. The summed E-state index contributed by atoms with van der Waals surface area (Å²) in [4.78, 5) is 62.3. The number of pyridine rings is 1. The molecule has 0 aliphatic carbocycles. The first-order valence-corrected chi connectivity index (χ1v) is 13.3. The third-order valence-electron chi connectivity index (χ3n) is 5.62. The Morgan fingerprint density at radius 2 is 1.75 bits per heavy atom. The maximum atomic E-state index is 13.1. The molecule has 1 heterocycles. The summed E-state index contributed by atoms with van der Waals surface area (Å²) < 4.78 is 11.3. The summed E-state index contributed by atoms with van der Waals surface area (Å²) in [5, 5.41) is 7.84. The predicted molar refractivity (Wildman–Crippen MR) is 150 cm³/mol. The molecule has 0 radical (unpaired) electrons. The van der Waals surface area contributed by atoms with Crippen LogP contribution in [0.25, 0.3) is 0 Å². The van der Waals surface area contributed by atoms with Gasteiger partial charge in [0, 0.05) is 18.8 Å². The number of benzene rings is 1. The van der Waals surface area contributed by atoms with Gasteiger partial charge in [-0.3, -0.25) is 14.4 Å². The average molecular weight is 555 g/mol. The van der Waals surface area contributed by atoms with Crippen LogP contribution >= 0.6 is 0 Å². The van der Waals surface area contributed by atoms with Crippen LogP contribution in [-0.4, -0.2) is 47.6 Å². The zero-order chi connectivity index (χ0) is 29.3. The van der Waals surface area contributed by atoms with E-state index in [1.807, 2.05) is 32.0 Å². The van der Waals surface area contributed by atoms with Crippen molar-refractivity contribution in [1.29, 1.82) is 0 Å². The van der Waals surface area contributed by atoms with Gasteiger partial charge in [0.1, 0.15) is 24.9 Å². The van der Waals surface area contributed by atoms with Crippen LogP contribution < -0.4 is 21.5 Å². The highest BCUT2D eigenvalue weighted by atomic mass is 16.5. The van der Waals surface area contributed by atoms with Crippen molar-refractivity contribution >= 4 is 29.6 Å². The largest absolute Gasteiger partial charge is 0.463 e. The molecule has 11 heteroatoms. The summed E-state index contributed by atoms with van der Waals surface area (Å²) >= 11 is 0. The molecule has 0 spiro atoms. The molecule has 0 aliphatic heterocycles. The van der Waals surface area contributed by atoms with Crippen LogP contribution in [-0.2, 0) is 37.0 Å². The number of rotatable bonds is 15. The van der Waals surface area contributed by atoms with Gasteiger partial charge in [0.2, 0.25) is 11.8 Å². The van der Waals surface area contributed by atoms with Gasteiger partial charge in [-0.15, -0.1) is 0 Å². The minimum absolute atomic E-state index is 0.00635. The molecule has 3 amide bonds. The highest BCUT2D eigenvalue weighted by Crippen LogP contribution is 2.07. The first kappa shape index (κ1) is 31.8. The van der Waals surface area contributed by atoms with Crippen molar-refractivity contribution in [3.8, 4) is 0 Å². The van der Waals surface area contributed by atoms with Crippen molar-refractivity contribution in [3.05, 3.63) is 76.7 Å². The van der Waals surface area contributed by atoms with Crippen molar-refractivity contribution in [3.63, 3.8) is 0 Å². The van der Waals surface area contributed by atoms with E-state index in [-0.39, 0.29) is 44.2 Å². The molecule has 2 aromatic rings. The van der Waals surface area contributed by atoms with Gasteiger partial charge in [-0.1, -0.05) is 50.3 Å². The molecule has 2 rings (SSSR count). The van der Waals surface area contributed by atoms with Gasteiger partial charge in [-0.2, -0.15) is 0 Å². The van der Waals surface area contributed by atoms with E-state index in [2.05, 4.69) is 16.0 Å². The lowest BCUT2D eigenvalue weighted by Gasteiger charge is -2.18. The maximum Gasteiger partial charge on any atom is 0.408 e. The topological polar surface area (TPSA) is 145 Å². The SMILES string of the molecule is CCOC(=O)C=CCCC(NC(=O)OCc1ccccc1)C(=O)Nc1cccn(CC(=O)NCCC(C)C)c1=O. The molecule has 216 valence electrons. The van der Waals surface area contributed by atoms with Crippen LogP contribution in [0.15, 0.2) is 65.6 Å². The van der Waals surface area contributed by atoms with Crippen LogP contribution in [0, 0.1) is 5.92 Å². The van der Waals surface area contributed by atoms with Crippen LogP contribution in [0.4, 0.5) is 10.5 Å². The number of nitrogens with zero attached hydrogens (tertiary/aromatic N) is 1. The zero-order valence-electron chi connectivity index (χ0n) is 23.2. The van der Waals surface area contributed by atoms with Crippen LogP contribution in [0.3, 0.4) is 0 Å². The van der Waals surface area contributed by atoms with Gasteiger partial charge < -0.3 is 30.0 Å². The Hall–Kier alpha value is -4.41. The monoisotopic (exact) mass is 554 g/mol. The minimum atomic E-state index is -1.08. The number of alkyl carbamates (subject to hydrolysis) is 1. The molecule has 0 fully saturated rings. The first-order valence-electron chi connectivity index (χ1n) is 13.3. The number of carbonyl (C=O) groups excluding carboxylic acids is 4. The molecule has 1 aromatic carbocycles. The Kier molecular flexibility index (Phi) is 13.7. The second-order valence-corrected chi connectivity index (χ2v) is 9.37. The summed E-state index contributed by atoms with van der Waals surface area (Å²) in [6, 6.07) is 10.9. The zero-order valence-corrected chi connectivity index (χ0v) is 23.2. The highest BCUT2D eigenvalue weighted by Gasteiger charge is 2.22. The molecule has 0 saturated carbocycles. The lowest BCUT2D eigenvalue weighted by Crippen LogP contribution is -2.44. The Bertz CT molecular complexity index is 1210. The quantitative estimate of drug-likeness (QED) is 0.227. The summed E-state index contributed by atoms with van der Waals surface area (Å²) in [6.45, 7) is 6.32. The molecule has 0 aliphatic rings. The fourth-order valence-electron chi connectivity index (χ4n) is 3.50. The molecule has 0 bridgehead atoms. The Balaban J connectivity index is 2.07. The smallest absolute Gasteiger partial charge is 0.408 e. The Morgan fingerprint density at radius 1 is 1.00 bits per heavy atom. The fraction of sp³-hybridized carbons (Fsp3) is 0.414. The van der Waals surface area contributed by atoms with Crippen molar-refractivity contribution in [1.82, 2.24) is 15.2 Å². The average Bonchev–Trinajstić information content (AvgIpc) is 2.92. The van der Waals surface area contributed by atoms with Crippen LogP contribution in [0.5, 0.6) is 0 Å². The third kappa shape index (κ3) is 12.0. The number of hydrogen-bond donors (Lipinski definition) is 3. The van der Waals surface area contributed by atoms with E-state index < -0.39 is 29.6 Å². The van der Waals surface area contributed by atoms with E-state index in [1.165, 1.54) is 35.0 Å². The lowest BCUT2D eigenvalue weighted by atomic mass is 10.1. The molecule has 1 aromatic heterocycles. The molecular weight excluding hydrogens is 516 g/mol. The van der Waals surface area contributed by atoms with Crippen LogP contribution in [0.1, 0.15) is 45.6 Å². The lowest BCUT2D eigenvalue weighted by molar-refractivity contribution is -0.137. The van der Waals surface area contributed by atoms with Gasteiger partial charge in [0.05, 0.1) is 6.61 Å². The van der Waals surface area contributed by atoms with E-state index in [0.717, 1.165) is 12.0 Å². The number of nitrogens with one attached hydrogen (secondary N) is 3. The van der Waals surface area contributed by atoms with Crippen molar-refractivity contribution in [2.75, 3.05) is 18.5 Å². The molecular formula is C29H38N4O7. The number of hydrogen-bond acceptors (Lipinski definition) is 7. The van der Waals surface area contributed by atoms with Gasteiger partial charge in [-0.25, -0.2) is 9.59 Å². The summed E-state index contributed by atoms with van der Waals surface area (Å²) in [7, 11) is 0. The van der Waals surface area contributed by atoms with Crippen LogP contribution in [0.2, 0.25) is 0 Å². The van der Waals surface area contributed by atoms with E-state index in [9.17, 15) is 24.0 Å². The summed E-state index contributed by atoms with van der Waals surface area (Å²) in [5.74, 6) is -1.06. The molecule has 40 heavy (non-hydrogen) atoms. The number of esters is 1. The standard InChI is InChI=1S/C29H38N4O7/c1-4-39-26(35)15-9-8-13-23(32-29(38)40-20-22-11-6-5-7-12-22)27(36)31-24-14-10-18-33(28(24)37)19-25(34)30-17-16-21(2)3/h5-7,9-12,14-15,18,21,23H,4,8,13,16-17,19-20H2,1-3H3,(H,30,34)(H,31,36)(H,32,38). The maximum absolute atomic E-state index is 13.1. The number of allylic oxidation sites excluding steroid dienone is 1. The predicted octanol–water partition coefficient (Wildman–Crippen LogP) is 3.14. The van der Waals surface area contributed by atoms with Gasteiger partial charge in [0.15, 0.2) is 0 Å². The molecule has 1 unspecified atom stereocenters. The number of amides is 3. The van der Waals surface area contributed by atoms with Crippen molar-refractivity contribution < 1.29 is 28.7 Å². The molecule has 0 saturated heterocycles. The Morgan fingerprint density at radius 3 is 2.45 bits per heavy atom. The van der Waals surface area contributed by atoms with Gasteiger partial charge in [0.25, 0.3) is 5.56 Å². The van der Waals surface area contributed by atoms with E-state index >= 15 is 0 Å². The second-order valence-electron chi connectivity index (χ2n) is 9.37. The number of anilines is 1. The van der Waals surface area contributed by atoms with Gasteiger partial charge >= 0.3 is 12.1 Å². The molecule has 3 N–H and O–H groups in total. The van der Waals surface area contributed by atoms with Gasteiger partial charge in [-0.05, 0) is 49.8 Å². The Labute approximate surface area is 233 Å². The number of ether oxygens (including phenoxy) is 2.